The van der Waals surface area contributed by atoms with Gasteiger partial charge in [0, 0.05) is 0 Å². The predicted octanol–water partition coefficient (Wildman–Crippen LogP) is 4.63. The maximum atomic E-state index is 12.4. The van der Waals surface area contributed by atoms with Crippen LogP contribution >= 0.6 is 0 Å². The summed E-state index contributed by atoms with van der Waals surface area (Å²) in [5.41, 5.74) is 0.587. The molecule has 0 spiro atoms. The Morgan fingerprint density at radius 2 is 1.65 bits per heavy atom. The van der Waals surface area contributed by atoms with Crippen LogP contribution in [0.15, 0.2) is 24.3 Å². The van der Waals surface area contributed by atoms with Crippen molar-refractivity contribution in [3.63, 3.8) is 0 Å². The van der Waals surface area contributed by atoms with E-state index in [1.165, 1.54) is 0 Å². The molecule has 0 heterocycles. The molecule has 0 fully saturated rings. The Morgan fingerprint density at radius 3 is 2.17 bits per heavy atom. The second-order valence-electron chi connectivity index (χ2n) is 7.02. The van der Waals surface area contributed by atoms with E-state index in [0.717, 1.165) is 19.3 Å². The molecular weight excluding hydrogens is 292 g/mol. The van der Waals surface area contributed by atoms with E-state index in [4.69, 9.17) is 9.47 Å². The maximum Gasteiger partial charge on any atom is 0.339 e. The van der Waals surface area contributed by atoms with Crippen molar-refractivity contribution in [1.29, 1.82) is 0 Å². The van der Waals surface area contributed by atoms with Crippen LogP contribution in [0.2, 0.25) is 0 Å². The van der Waals surface area contributed by atoms with Gasteiger partial charge >= 0.3 is 11.9 Å². The van der Waals surface area contributed by atoms with Gasteiger partial charge in [-0.3, -0.25) is 0 Å². The van der Waals surface area contributed by atoms with Gasteiger partial charge in [0.15, 0.2) is 0 Å². The fourth-order valence-electron chi connectivity index (χ4n) is 2.38. The molecule has 0 aliphatic carbocycles. The Labute approximate surface area is 139 Å². The second kappa shape index (κ2) is 8.70. The van der Waals surface area contributed by atoms with Crippen molar-refractivity contribution in [1.82, 2.24) is 0 Å². The highest BCUT2D eigenvalue weighted by molar-refractivity contribution is 6.03. The lowest BCUT2D eigenvalue weighted by Crippen LogP contribution is -2.22. The van der Waals surface area contributed by atoms with E-state index in [1.54, 1.807) is 24.3 Å². The highest BCUT2D eigenvalue weighted by Gasteiger charge is 2.23. The van der Waals surface area contributed by atoms with Gasteiger partial charge in [0.05, 0.1) is 23.8 Å². The lowest BCUT2D eigenvalue weighted by atomic mass is 9.90. The minimum absolute atomic E-state index is 0.0678. The molecule has 1 rings (SSSR count). The minimum Gasteiger partial charge on any atom is -0.462 e. The molecule has 0 N–H and O–H groups in total. The van der Waals surface area contributed by atoms with Gasteiger partial charge in [-0.15, -0.1) is 0 Å². The van der Waals surface area contributed by atoms with Gasteiger partial charge in [-0.1, -0.05) is 46.2 Å². The lowest BCUT2D eigenvalue weighted by Gasteiger charge is -2.23. The summed E-state index contributed by atoms with van der Waals surface area (Å²) < 4.78 is 10.7. The van der Waals surface area contributed by atoms with Crippen molar-refractivity contribution in [2.75, 3.05) is 6.61 Å². The monoisotopic (exact) mass is 320 g/mol. The number of hydrogen-bond acceptors (Lipinski definition) is 4. The first-order valence-corrected chi connectivity index (χ1v) is 8.21. The van der Waals surface area contributed by atoms with E-state index in [9.17, 15) is 9.59 Å². The fourth-order valence-corrected chi connectivity index (χ4v) is 2.38. The van der Waals surface area contributed by atoms with Gasteiger partial charge in [-0.05, 0) is 37.3 Å². The average molecular weight is 320 g/mol. The van der Waals surface area contributed by atoms with Crippen LogP contribution in [0, 0.1) is 5.41 Å². The van der Waals surface area contributed by atoms with Crippen LogP contribution < -0.4 is 0 Å². The van der Waals surface area contributed by atoms with Crippen molar-refractivity contribution in [3.8, 4) is 0 Å². The molecule has 4 heteroatoms. The molecule has 0 bridgehead atoms. The molecule has 23 heavy (non-hydrogen) atoms. The van der Waals surface area contributed by atoms with Gasteiger partial charge in [0.2, 0.25) is 0 Å². The molecular formula is C19H28O4. The summed E-state index contributed by atoms with van der Waals surface area (Å²) in [4.78, 5) is 24.5. The summed E-state index contributed by atoms with van der Waals surface area (Å²) >= 11 is 0. The number of carbonyl (C=O) groups excluding carboxylic acids is 2. The summed E-state index contributed by atoms with van der Waals surface area (Å²) in [6.07, 6.45) is 2.29. The van der Waals surface area contributed by atoms with E-state index in [0.29, 0.717) is 6.61 Å². The van der Waals surface area contributed by atoms with Crippen LogP contribution in [-0.4, -0.2) is 24.6 Å². The Hall–Kier alpha value is -1.84. The van der Waals surface area contributed by atoms with Crippen molar-refractivity contribution in [2.24, 2.45) is 5.41 Å². The summed E-state index contributed by atoms with van der Waals surface area (Å²) in [7, 11) is 0. The number of carbonyl (C=O) groups is 2. The van der Waals surface area contributed by atoms with E-state index in [-0.39, 0.29) is 22.6 Å². The second-order valence-corrected chi connectivity index (χ2v) is 7.02. The molecule has 128 valence electrons. The number of hydrogen-bond donors (Lipinski definition) is 0. The first-order chi connectivity index (χ1) is 10.7. The molecule has 0 saturated heterocycles. The number of ether oxygens (including phenoxy) is 2. The summed E-state index contributed by atoms with van der Waals surface area (Å²) in [5, 5.41) is 0. The lowest BCUT2D eigenvalue weighted by molar-refractivity contribution is 0.0244. The molecule has 4 nitrogen and oxygen atoms in total. The smallest absolute Gasteiger partial charge is 0.339 e. The average Bonchev–Trinajstić information content (AvgIpc) is 2.45. The van der Waals surface area contributed by atoms with Crippen molar-refractivity contribution in [2.45, 2.75) is 60.0 Å². The van der Waals surface area contributed by atoms with Crippen LogP contribution in [0.3, 0.4) is 0 Å². The van der Waals surface area contributed by atoms with E-state index >= 15 is 0 Å². The molecule has 0 aliphatic rings. The van der Waals surface area contributed by atoms with Crippen LogP contribution in [0.1, 0.15) is 74.6 Å². The van der Waals surface area contributed by atoms with E-state index in [1.807, 2.05) is 13.8 Å². The molecule has 0 aliphatic heterocycles. The Bertz CT molecular complexity index is 528. The standard InChI is InChI=1S/C19H28O4/c1-6-7-12-22-17(20)15-10-8-9-11-16(15)18(21)23-14(2)13-19(3,4)5/h8-11,14H,6-7,12-13H2,1-5H3. The van der Waals surface area contributed by atoms with Crippen molar-refractivity contribution in [3.05, 3.63) is 35.4 Å². The van der Waals surface area contributed by atoms with Gasteiger partial charge in [0.25, 0.3) is 0 Å². The number of esters is 2. The zero-order valence-electron chi connectivity index (χ0n) is 14.8. The third-order valence-corrected chi connectivity index (χ3v) is 3.31. The van der Waals surface area contributed by atoms with Gasteiger partial charge < -0.3 is 9.47 Å². The third-order valence-electron chi connectivity index (χ3n) is 3.31. The SMILES string of the molecule is CCCCOC(=O)c1ccccc1C(=O)OC(C)CC(C)(C)C. The van der Waals surface area contributed by atoms with Crippen molar-refractivity contribution >= 4 is 11.9 Å². The molecule has 0 amide bonds. The first kappa shape index (κ1) is 19.2. The maximum absolute atomic E-state index is 12.4. The molecule has 0 aromatic heterocycles. The Balaban J connectivity index is 2.79. The number of rotatable bonds is 7. The molecule has 0 radical (unpaired) electrons. The van der Waals surface area contributed by atoms with Gasteiger partial charge in [-0.2, -0.15) is 0 Å². The van der Waals surface area contributed by atoms with Crippen LogP contribution in [0.5, 0.6) is 0 Å². The van der Waals surface area contributed by atoms with Crippen LogP contribution in [-0.2, 0) is 9.47 Å². The van der Waals surface area contributed by atoms with Crippen molar-refractivity contribution < 1.29 is 19.1 Å². The predicted molar refractivity (Wildman–Crippen MR) is 90.6 cm³/mol. The summed E-state index contributed by atoms with van der Waals surface area (Å²) in [6.45, 7) is 10.5. The zero-order valence-corrected chi connectivity index (χ0v) is 14.8. The number of benzene rings is 1. The van der Waals surface area contributed by atoms with E-state index < -0.39 is 11.9 Å². The summed E-state index contributed by atoms with van der Waals surface area (Å²) in [5.74, 6) is -0.959. The van der Waals surface area contributed by atoms with Gasteiger partial charge in [0.1, 0.15) is 0 Å². The molecule has 1 aromatic rings. The number of unbranched alkanes of at least 4 members (excludes halogenated alkanes) is 1. The Morgan fingerprint density at radius 1 is 1.09 bits per heavy atom. The highest BCUT2D eigenvalue weighted by Crippen LogP contribution is 2.23. The van der Waals surface area contributed by atoms with E-state index in [2.05, 4.69) is 20.8 Å². The fraction of sp³-hybridized carbons (Fsp3) is 0.579. The van der Waals surface area contributed by atoms with Crippen LogP contribution in [0.25, 0.3) is 0 Å². The first-order valence-electron chi connectivity index (χ1n) is 8.21. The minimum atomic E-state index is -0.482. The molecule has 1 atom stereocenters. The summed E-state index contributed by atoms with van der Waals surface area (Å²) in [6, 6.07) is 6.63. The quantitative estimate of drug-likeness (QED) is 0.543. The van der Waals surface area contributed by atoms with Gasteiger partial charge in [-0.25, -0.2) is 9.59 Å². The topological polar surface area (TPSA) is 52.6 Å². The molecule has 0 saturated carbocycles. The zero-order chi connectivity index (χ0) is 17.5. The van der Waals surface area contributed by atoms with Crippen LogP contribution in [0.4, 0.5) is 0 Å². The molecule has 1 unspecified atom stereocenters. The Kier molecular flexibility index (Phi) is 7.27. The highest BCUT2D eigenvalue weighted by atomic mass is 16.5. The molecule has 1 aromatic carbocycles. The normalized spacial score (nSPS) is 12.6. The largest absolute Gasteiger partial charge is 0.462 e. The third kappa shape index (κ3) is 6.85.